The molecule has 0 bridgehead atoms. The molecule has 1 aliphatic heterocycles. The highest BCUT2D eigenvalue weighted by Gasteiger charge is 2.33. The number of nitrogens with two attached hydrogens (primary N) is 2. The molecule has 100 valence electrons. The van der Waals surface area contributed by atoms with Crippen molar-refractivity contribution >= 4 is 0 Å². The predicted octanol–water partition coefficient (Wildman–Crippen LogP) is 1.78. The molecule has 18 heavy (non-hydrogen) atoms. The zero-order chi connectivity index (χ0) is 13.1. The first-order valence-electron chi connectivity index (χ1n) is 6.90. The molecule has 1 aromatic rings. The van der Waals surface area contributed by atoms with Crippen LogP contribution in [0.4, 0.5) is 0 Å². The van der Waals surface area contributed by atoms with Gasteiger partial charge < -0.3 is 16.8 Å². The number of nitrogens with one attached hydrogen (secondary N) is 1. The Morgan fingerprint density at radius 3 is 2.72 bits per heavy atom. The largest absolute Gasteiger partial charge is 0.330 e. The van der Waals surface area contributed by atoms with Gasteiger partial charge in [-0.05, 0) is 42.9 Å². The lowest BCUT2D eigenvalue weighted by Crippen LogP contribution is -2.46. The van der Waals surface area contributed by atoms with Gasteiger partial charge in [-0.15, -0.1) is 0 Å². The van der Waals surface area contributed by atoms with Crippen molar-refractivity contribution in [2.24, 2.45) is 23.3 Å². The van der Waals surface area contributed by atoms with Gasteiger partial charge in [0.05, 0.1) is 0 Å². The molecule has 1 heterocycles. The third-order valence-electron chi connectivity index (χ3n) is 4.17. The summed E-state index contributed by atoms with van der Waals surface area (Å²) < 4.78 is 0. The molecule has 0 radical (unpaired) electrons. The Labute approximate surface area is 110 Å². The Morgan fingerprint density at radius 2 is 2.06 bits per heavy atom. The van der Waals surface area contributed by atoms with E-state index in [0.29, 0.717) is 30.5 Å². The summed E-state index contributed by atoms with van der Waals surface area (Å²) in [7, 11) is 0. The Balaban J connectivity index is 2.27. The van der Waals surface area contributed by atoms with Crippen LogP contribution in [0.15, 0.2) is 24.3 Å². The fraction of sp³-hybridized carbons (Fsp3) is 0.600. The molecule has 0 amide bonds. The average molecular weight is 247 g/mol. The van der Waals surface area contributed by atoms with Crippen LogP contribution >= 0.6 is 0 Å². The monoisotopic (exact) mass is 247 g/mol. The van der Waals surface area contributed by atoms with E-state index in [1.54, 1.807) is 0 Å². The summed E-state index contributed by atoms with van der Waals surface area (Å²) in [6.45, 7) is 5.90. The quantitative estimate of drug-likeness (QED) is 0.763. The lowest BCUT2D eigenvalue weighted by molar-refractivity contribution is 0.174. The first-order chi connectivity index (χ1) is 8.65. The number of hydrogen-bond acceptors (Lipinski definition) is 3. The van der Waals surface area contributed by atoms with E-state index in [2.05, 4.69) is 43.4 Å². The Morgan fingerprint density at radius 1 is 1.28 bits per heavy atom. The molecule has 1 saturated heterocycles. The van der Waals surface area contributed by atoms with Crippen LogP contribution in [-0.4, -0.2) is 12.6 Å². The molecule has 4 atom stereocenters. The fourth-order valence-electron chi connectivity index (χ4n) is 3.18. The fourth-order valence-corrected chi connectivity index (χ4v) is 3.18. The van der Waals surface area contributed by atoms with Crippen LogP contribution in [-0.2, 0) is 6.54 Å². The lowest BCUT2D eigenvalue weighted by Gasteiger charge is -2.40. The topological polar surface area (TPSA) is 64.1 Å². The van der Waals surface area contributed by atoms with Gasteiger partial charge in [0.2, 0.25) is 0 Å². The second-order valence-electron chi connectivity index (χ2n) is 5.61. The van der Waals surface area contributed by atoms with Crippen molar-refractivity contribution in [3.05, 3.63) is 35.4 Å². The van der Waals surface area contributed by atoms with Crippen LogP contribution < -0.4 is 16.8 Å². The molecule has 2 rings (SSSR count). The molecule has 0 saturated carbocycles. The maximum Gasteiger partial charge on any atom is 0.0365 e. The molecule has 0 aromatic heterocycles. The van der Waals surface area contributed by atoms with Crippen LogP contribution in [0, 0.1) is 11.8 Å². The highest BCUT2D eigenvalue weighted by Crippen LogP contribution is 2.35. The lowest BCUT2D eigenvalue weighted by atomic mass is 9.76. The minimum atomic E-state index is 0.361. The van der Waals surface area contributed by atoms with Crippen molar-refractivity contribution < 1.29 is 0 Å². The molecule has 4 unspecified atom stereocenters. The van der Waals surface area contributed by atoms with Crippen molar-refractivity contribution in [1.29, 1.82) is 0 Å². The Kier molecular flexibility index (Phi) is 4.38. The van der Waals surface area contributed by atoms with E-state index in [-0.39, 0.29) is 0 Å². The summed E-state index contributed by atoms with van der Waals surface area (Å²) in [5.41, 5.74) is 14.2. The van der Waals surface area contributed by atoms with Crippen molar-refractivity contribution in [3.63, 3.8) is 0 Å². The molecule has 3 nitrogen and oxygen atoms in total. The second kappa shape index (κ2) is 5.83. The van der Waals surface area contributed by atoms with Gasteiger partial charge in [-0.25, -0.2) is 0 Å². The van der Waals surface area contributed by atoms with Crippen molar-refractivity contribution in [3.8, 4) is 0 Å². The van der Waals surface area contributed by atoms with Gasteiger partial charge in [-0.3, -0.25) is 0 Å². The first-order valence-corrected chi connectivity index (χ1v) is 6.90. The molecule has 1 aliphatic rings. The maximum absolute atomic E-state index is 5.97. The van der Waals surface area contributed by atoms with Crippen LogP contribution in [0.2, 0.25) is 0 Å². The average Bonchev–Trinajstić information content (AvgIpc) is 2.38. The summed E-state index contributed by atoms with van der Waals surface area (Å²) in [6, 6.07) is 9.48. The number of piperidine rings is 1. The van der Waals surface area contributed by atoms with Crippen LogP contribution in [0.1, 0.15) is 37.4 Å². The molecule has 0 spiro atoms. The van der Waals surface area contributed by atoms with Gasteiger partial charge in [0.1, 0.15) is 0 Å². The first kappa shape index (κ1) is 13.5. The van der Waals surface area contributed by atoms with Crippen LogP contribution in [0.25, 0.3) is 0 Å². The maximum atomic E-state index is 5.97. The SMILES string of the molecule is CC1CC(C)C(CN)C(c2cccc(CN)c2)N1. The molecule has 5 N–H and O–H groups in total. The van der Waals surface area contributed by atoms with E-state index >= 15 is 0 Å². The summed E-state index contributed by atoms with van der Waals surface area (Å²) in [5.74, 6) is 1.17. The Bertz CT molecular complexity index is 391. The summed E-state index contributed by atoms with van der Waals surface area (Å²) in [5, 5.41) is 3.69. The van der Waals surface area contributed by atoms with Gasteiger partial charge in [-0.2, -0.15) is 0 Å². The predicted molar refractivity (Wildman–Crippen MR) is 76.0 cm³/mol. The molecule has 3 heteroatoms. The van der Waals surface area contributed by atoms with E-state index in [1.807, 2.05) is 0 Å². The van der Waals surface area contributed by atoms with E-state index in [0.717, 1.165) is 6.54 Å². The van der Waals surface area contributed by atoms with Gasteiger partial charge in [0.15, 0.2) is 0 Å². The number of hydrogen-bond donors (Lipinski definition) is 3. The Hall–Kier alpha value is -0.900. The molecule has 1 fully saturated rings. The molecule has 0 aliphatic carbocycles. The highest BCUT2D eigenvalue weighted by atomic mass is 15.0. The van der Waals surface area contributed by atoms with E-state index in [9.17, 15) is 0 Å². The van der Waals surface area contributed by atoms with Crippen molar-refractivity contribution in [2.75, 3.05) is 6.54 Å². The minimum Gasteiger partial charge on any atom is -0.330 e. The third-order valence-corrected chi connectivity index (χ3v) is 4.17. The zero-order valence-corrected chi connectivity index (χ0v) is 11.4. The molecular formula is C15H25N3. The van der Waals surface area contributed by atoms with E-state index in [4.69, 9.17) is 11.5 Å². The highest BCUT2D eigenvalue weighted by molar-refractivity contribution is 5.27. The number of rotatable bonds is 3. The standard InChI is InChI=1S/C15H25N3/c1-10-6-11(2)18-15(14(10)9-17)13-5-3-4-12(7-13)8-16/h3-5,7,10-11,14-15,18H,6,8-9,16-17H2,1-2H3. The smallest absolute Gasteiger partial charge is 0.0365 e. The zero-order valence-electron chi connectivity index (χ0n) is 11.4. The molecular weight excluding hydrogens is 222 g/mol. The number of benzene rings is 1. The normalized spacial score (nSPS) is 32.4. The summed E-state index contributed by atoms with van der Waals surface area (Å²) >= 11 is 0. The molecule has 1 aromatic carbocycles. The van der Waals surface area contributed by atoms with Crippen LogP contribution in [0.5, 0.6) is 0 Å². The van der Waals surface area contributed by atoms with Gasteiger partial charge in [0.25, 0.3) is 0 Å². The van der Waals surface area contributed by atoms with Gasteiger partial charge in [0, 0.05) is 18.6 Å². The van der Waals surface area contributed by atoms with E-state index in [1.165, 1.54) is 17.5 Å². The van der Waals surface area contributed by atoms with Crippen LogP contribution in [0.3, 0.4) is 0 Å². The second-order valence-corrected chi connectivity index (χ2v) is 5.61. The van der Waals surface area contributed by atoms with Gasteiger partial charge in [-0.1, -0.05) is 31.2 Å². The third kappa shape index (κ3) is 2.74. The van der Waals surface area contributed by atoms with Gasteiger partial charge >= 0.3 is 0 Å². The van der Waals surface area contributed by atoms with Crippen molar-refractivity contribution in [2.45, 2.75) is 38.9 Å². The minimum absolute atomic E-state index is 0.361. The van der Waals surface area contributed by atoms with Crippen molar-refractivity contribution in [1.82, 2.24) is 5.32 Å². The van der Waals surface area contributed by atoms with E-state index < -0.39 is 0 Å². The summed E-state index contributed by atoms with van der Waals surface area (Å²) in [6.07, 6.45) is 1.20. The summed E-state index contributed by atoms with van der Waals surface area (Å²) in [4.78, 5) is 0.